The van der Waals surface area contributed by atoms with Gasteiger partial charge in [-0.2, -0.15) is 0 Å². The number of aliphatic hydroxyl groups excluding tert-OH is 1. The van der Waals surface area contributed by atoms with Gasteiger partial charge in [-0.05, 0) is 6.07 Å². The van der Waals surface area contributed by atoms with Crippen molar-refractivity contribution in [2.24, 2.45) is 0 Å². The summed E-state index contributed by atoms with van der Waals surface area (Å²) in [5.74, 6) is -0.532. The molecule has 0 aliphatic carbocycles. The van der Waals surface area contributed by atoms with Crippen LogP contribution in [0.25, 0.3) is 0 Å². The quantitative estimate of drug-likeness (QED) is 0.629. The Hall–Kier alpha value is -2.68. The Morgan fingerprint density at radius 1 is 1.50 bits per heavy atom. The minimum Gasteiger partial charge on any atom is -0.370 e. The predicted molar refractivity (Wildman–Crippen MR) is 65.3 cm³/mol. The summed E-state index contributed by atoms with van der Waals surface area (Å²) in [6.07, 6.45) is -2.05. The van der Waals surface area contributed by atoms with Crippen molar-refractivity contribution in [3.05, 3.63) is 34.4 Å². The molecule has 106 valence electrons. The highest BCUT2D eigenvalue weighted by molar-refractivity contribution is 5.89. The third-order valence-corrected chi connectivity index (χ3v) is 2.65. The molecule has 0 aromatic heterocycles. The molecule has 9 heteroatoms. The molecule has 2 amide bonds. The number of nitro benzene ring substituents is 1. The molecule has 1 aliphatic rings. The van der Waals surface area contributed by atoms with E-state index in [4.69, 9.17) is 0 Å². The minimum atomic E-state index is -1.20. The smallest absolute Gasteiger partial charge is 0.370 e. The zero-order valence-corrected chi connectivity index (χ0v) is 10.2. The molecule has 1 atom stereocenters. The summed E-state index contributed by atoms with van der Waals surface area (Å²) >= 11 is 0. The number of benzene rings is 1. The van der Waals surface area contributed by atoms with Crippen molar-refractivity contribution in [3.63, 3.8) is 0 Å². The van der Waals surface area contributed by atoms with Crippen molar-refractivity contribution in [2.45, 2.75) is 19.1 Å². The topological polar surface area (TPSA) is 122 Å². The van der Waals surface area contributed by atoms with Crippen LogP contribution < -0.4 is 5.32 Å². The van der Waals surface area contributed by atoms with Gasteiger partial charge in [-0.1, -0.05) is 12.1 Å². The van der Waals surface area contributed by atoms with E-state index in [1.807, 2.05) is 0 Å². The number of anilines is 1. The number of hydrogen-bond acceptors (Lipinski definition) is 6. The van der Waals surface area contributed by atoms with Gasteiger partial charge in [-0.25, -0.2) is 4.79 Å². The fraction of sp³-hybridized carbons (Fsp3) is 0.273. The van der Waals surface area contributed by atoms with Crippen molar-refractivity contribution in [1.82, 2.24) is 5.06 Å². The van der Waals surface area contributed by atoms with E-state index in [-0.39, 0.29) is 24.2 Å². The van der Waals surface area contributed by atoms with Gasteiger partial charge in [0.25, 0.3) is 11.6 Å². The molecule has 1 heterocycles. The van der Waals surface area contributed by atoms with Crippen LogP contribution in [0.15, 0.2) is 24.3 Å². The lowest BCUT2D eigenvalue weighted by Crippen LogP contribution is -2.36. The average molecular weight is 281 g/mol. The molecule has 1 aromatic carbocycles. The Bertz CT molecular complexity index is 561. The molecular weight excluding hydrogens is 270 g/mol. The number of hydrogen-bond donors (Lipinski definition) is 2. The van der Waals surface area contributed by atoms with Gasteiger partial charge >= 0.3 is 6.09 Å². The second-order valence-corrected chi connectivity index (χ2v) is 4.02. The summed E-state index contributed by atoms with van der Waals surface area (Å²) in [4.78, 5) is 37.6. The maximum absolute atomic E-state index is 11.6. The SMILES string of the molecule is O=C(Nc1ccccc1[N+](=O)[O-])ON1C(=O)CCC1O. The maximum Gasteiger partial charge on any atom is 0.436 e. The molecule has 9 nitrogen and oxygen atoms in total. The summed E-state index contributed by atoms with van der Waals surface area (Å²) < 4.78 is 0. The Balaban J connectivity index is 2.05. The molecule has 1 unspecified atom stereocenters. The fourth-order valence-corrected chi connectivity index (χ4v) is 1.72. The highest BCUT2D eigenvalue weighted by Crippen LogP contribution is 2.24. The number of nitrogens with zero attached hydrogens (tertiary/aromatic N) is 2. The molecule has 0 bridgehead atoms. The van der Waals surface area contributed by atoms with Gasteiger partial charge in [0.1, 0.15) is 5.69 Å². The third-order valence-electron chi connectivity index (χ3n) is 2.65. The first kappa shape index (κ1) is 13.7. The van der Waals surface area contributed by atoms with E-state index in [0.29, 0.717) is 5.06 Å². The van der Waals surface area contributed by atoms with E-state index < -0.39 is 23.2 Å². The number of carbonyl (C=O) groups is 2. The lowest BCUT2D eigenvalue weighted by Gasteiger charge is -2.18. The highest BCUT2D eigenvalue weighted by Gasteiger charge is 2.33. The van der Waals surface area contributed by atoms with Crippen LogP contribution in [-0.2, 0) is 9.63 Å². The van der Waals surface area contributed by atoms with Crippen LogP contribution in [0, 0.1) is 10.1 Å². The van der Waals surface area contributed by atoms with E-state index in [0.717, 1.165) is 0 Å². The first-order valence-electron chi connectivity index (χ1n) is 5.71. The van der Waals surface area contributed by atoms with Crippen LogP contribution in [0.1, 0.15) is 12.8 Å². The third kappa shape index (κ3) is 2.83. The van der Waals surface area contributed by atoms with Crippen molar-refractivity contribution < 1.29 is 24.5 Å². The van der Waals surface area contributed by atoms with Gasteiger partial charge in [-0.15, -0.1) is 5.06 Å². The highest BCUT2D eigenvalue weighted by atomic mass is 16.7. The Kier molecular flexibility index (Phi) is 3.80. The number of nitrogens with one attached hydrogen (secondary N) is 1. The van der Waals surface area contributed by atoms with Gasteiger partial charge in [0, 0.05) is 18.9 Å². The second kappa shape index (κ2) is 5.53. The van der Waals surface area contributed by atoms with Gasteiger partial charge < -0.3 is 9.94 Å². The molecule has 2 N–H and O–H groups in total. The van der Waals surface area contributed by atoms with E-state index >= 15 is 0 Å². The van der Waals surface area contributed by atoms with Gasteiger partial charge in [0.15, 0.2) is 6.23 Å². The summed E-state index contributed by atoms with van der Waals surface area (Å²) in [5, 5.41) is 22.9. The lowest BCUT2D eigenvalue weighted by atomic mass is 10.3. The molecule has 0 radical (unpaired) electrons. The van der Waals surface area contributed by atoms with E-state index in [1.165, 1.54) is 24.3 Å². The Labute approximate surface area is 112 Å². The number of rotatable bonds is 3. The molecule has 2 rings (SSSR count). The molecule has 1 aromatic rings. The molecule has 1 aliphatic heterocycles. The van der Waals surface area contributed by atoms with E-state index in [2.05, 4.69) is 10.2 Å². The largest absolute Gasteiger partial charge is 0.436 e. The van der Waals surface area contributed by atoms with Crippen molar-refractivity contribution >= 4 is 23.4 Å². The van der Waals surface area contributed by atoms with Crippen LogP contribution in [0.5, 0.6) is 0 Å². The van der Waals surface area contributed by atoms with Crippen LogP contribution in [0.3, 0.4) is 0 Å². The summed E-state index contributed by atoms with van der Waals surface area (Å²) in [6, 6.07) is 5.48. The number of nitro groups is 1. The minimum absolute atomic E-state index is 0.0661. The predicted octanol–water partition coefficient (Wildman–Crippen LogP) is 0.999. The Morgan fingerprint density at radius 2 is 2.20 bits per heavy atom. The fourth-order valence-electron chi connectivity index (χ4n) is 1.72. The monoisotopic (exact) mass is 281 g/mol. The van der Waals surface area contributed by atoms with Gasteiger partial charge in [-0.3, -0.25) is 20.2 Å². The van der Waals surface area contributed by atoms with Gasteiger partial charge in [0.05, 0.1) is 4.92 Å². The standard InChI is InChI=1S/C11H11N3O6/c15-9-5-6-10(16)13(9)20-11(17)12-7-3-1-2-4-8(7)14(18)19/h1-4,9,15H,5-6H2,(H,12,17). The Morgan fingerprint density at radius 3 is 2.80 bits per heavy atom. The van der Waals surface area contributed by atoms with Crippen molar-refractivity contribution in [3.8, 4) is 0 Å². The first-order chi connectivity index (χ1) is 9.49. The average Bonchev–Trinajstić information content (AvgIpc) is 2.71. The van der Waals surface area contributed by atoms with E-state index in [1.54, 1.807) is 0 Å². The normalized spacial score (nSPS) is 17.9. The number of aliphatic hydroxyl groups is 1. The molecule has 20 heavy (non-hydrogen) atoms. The zero-order chi connectivity index (χ0) is 14.7. The zero-order valence-electron chi connectivity index (χ0n) is 10.2. The van der Waals surface area contributed by atoms with Gasteiger partial charge in [0.2, 0.25) is 0 Å². The van der Waals surface area contributed by atoms with Crippen LogP contribution in [-0.4, -0.2) is 33.3 Å². The molecular formula is C11H11N3O6. The number of carbonyl (C=O) groups excluding carboxylic acids is 2. The lowest BCUT2D eigenvalue weighted by molar-refractivity contribution is -0.383. The van der Waals surface area contributed by atoms with Crippen LogP contribution >= 0.6 is 0 Å². The van der Waals surface area contributed by atoms with E-state index in [9.17, 15) is 24.8 Å². The molecule has 0 saturated carbocycles. The molecule has 0 spiro atoms. The maximum atomic E-state index is 11.6. The van der Waals surface area contributed by atoms with Crippen LogP contribution in [0.4, 0.5) is 16.2 Å². The summed E-state index contributed by atoms with van der Waals surface area (Å²) in [6.45, 7) is 0. The van der Waals surface area contributed by atoms with Crippen LogP contribution in [0.2, 0.25) is 0 Å². The number of hydroxylamine groups is 2. The van der Waals surface area contributed by atoms with Crippen molar-refractivity contribution in [1.29, 1.82) is 0 Å². The number of para-hydroxylation sites is 2. The first-order valence-corrected chi connectivity index (χ1v) is 5.71. The molecule has 1 fully saturated rings. The summed E-state index contributed by atoms with van der Waals surface area (Å²) in [7, 11) is 0. The summed E-state index contributed by atoms with van der Waals surface area (Å²) in [5.41, 5.74) is -0.374. The van der Waals surface area contributed by atoms with Crippen molar-refractivity contribution in [2.75, 3.05) is 5.32 Å². The molecule has 1 saturated heterocycles. The number of amides is 2. The second-order valence-electron chi connectivity index (χ2n) is 4.02.